The Morgan fingerprint density at radius 3 is 2.47 bits per heavy atom. The molecule has 0 N–H and O–H groups in total. The van der Waals surface area contributed by atoms with Crippen LogP contribution in [0.2, 0.25) is 4.47 Å². The molecule has 0 saturated carbocycles. The summed E-state index contributed by atoms with van der Waals surface area (Å²) in [6, 6.07) is 0. The molecule has 1 aliphatic heterocycles. The van der Waals surface area contributed by atoms with Crippen molar-refractivity contribution in [1.29, 1.82) is 0 Å². The van der Waals surface area contributed by atoms with Gasteiger partial charge in [0, 0.05) is 13.1 Å². The number of halogens is 1. The highest BCUT2D eigenvalue weighted by molar-refractivity contribution is 7.91. The molecule has 0 bridgehead atoms. The SMILES string of the molecule is Cc1nc(Cl)sc1S(=O)(=O)N1CCCC1. The second kappa shape index (κ2) is 4.01. The first-order valence-corrected chi connectivity index (χ1v) is 7.28. The van der Waals surface area contributed by atoms with Crippen molar-refractivity contribution in [2.45, 2.75) is 24.0 Å². The molecule has 15 heavy (non-hydrogen) atoms. The zero-order valence-corrected chi connectivity index (χ0v) is 10.6. The Morgan fingerprint density at radius 1 is 1.40 bits per heavy atom. The van der Waals surface area contributed by atoms with Gasteiger partial charge in [-0.05, 0) is 19.8 Å². The lowest BCUT2D eigenvalue weighted by Crippen LogP contribution is -2.27. The molecule has 1 fully saturated rings. The number of aryl methyl sites for hydroxylation is 1. The van der Waals surface area contributed by atoms with Crippen molar-refractivity contribution < 1.29 is 8.42 Å². The summed E-state index contributed by atoms with van der Waals surface area (Å²) >= 11 is 6.74. The lowest BCUT2D eigenvalue weighted by Gasteiger charge is -2.13. The van der Waals surface area contributed by atoms with Gasteiger partial charge in [0.1, 0.15) is 0 Å². The highest BCUT2D eigenvalue weighted by Gasteiger charge is 2.30. The number of hydrogen-bond donors (Lipinski definition) is 0. The Kier molecular flexibility index (Phi) is 3.03. The smallest absolute Gasteiger partial charge is 0.229 e. The number of rotatable bonds is 2. The van der Waals surface area contributed by atoms with E-state index in [-0.39, 0.29) is 8.68 Å². The molecule has 0 aliphatic carbocycles. The Balaban J connectivity index is 2.40. The molecule has 0 atom stereocenters. The van der Waals surface area contributed by atoms with E-state index in [1.807, 2.05) is 0 Å². The van der Waals surface area contributed by atoms with Gasteiger partial charge < -0.3 is 0 Å². The number of sulfonamides is 1. The minimum absolute atomic E-state index is 0.283. The Labute approximate surface area is 97.9 Å². The molecule has 84 valence electrons. The van der Waals surface area contributed by atoms with Crippen molar-refractivity contribution in [3.05, 3.63) is 10.2 Å². The number of aromatic nitrogens is 1. The van der Waals surface area contributed by atoms with Gasteiger partial charge in [-0.2, -0.15) is 4.31 Å². The van der Waals surface area contributed by atoms with E-state index in [0.717, 1.165) is 24.2 Å². The van der Waals surface area contributed by atoms with Crippen molar-refractivity contribution in [3.63, 3.8) is 0 Å². The van der Waals surface area contributed by atoms with Crippen LogP contribution in [0.4, 0.5) is 0 Å². The quantitative estimate of drug-likeness (QED) is 0.821. The van der Waals surface area contributed by atoms with E-state index < -0.39 is 10.0 Å². The van der Waals surface area contributed by atoms with Gasteiger partial charge in [0.25, 0.3) is 10.0 Å². The third-order valence-corrected chi connectivity index (χ3v) is 6.11. The largest absolute Gasteiger partial charge is 0.254 e. The second-order valence-electron chi connectivity index (χ2n) is 3.45. The minimum Gasteiger partial charge on any atom is -0.229 e. The maximum Gasteiger partial charge on any atom is 0.254 e. The number of hydrogen-bond acceptors (Lipinski definition) is 4. The van der Waals surface area contributed by atoms with Crippen molar-refractivity contribution >= 4 is 33.0 Å². The summed E-state index contributed by atoms with van der Waals surface area (Å²) in [5.41, 5.74) is 0.497. The van der Waals surface area contributed by atoms with Crippen molar-refractivity contribution in [1.82, 2.24) is 9.29 Å². The molecule has 7 heteroatoms. The fourth-order valence-corrected chi connectivity index (χ4v) is 5.03. The lowest BCUT2D eigenvalue weighted by atomic mass is 10.4. The van der Waals surface area contributed by atoms with E-state index in [1.54, 1.807) is 6.92 Å². The number of thiazole rings is 1. The monoisotopic (exact) mass is 266 g/mol. The van der Waals surface area contributed by atoms with E-state index >= 15 is 0 Å². The predicted molar refractivity (Wildman–Crippen MR) is 59.9 cm³/mol. The van der Waals surface area contributed by atoms with Gasteiger partial charge in [-0.1, -0.05) is 22.9 Å². The first-order valence-electron chi connectivity index (χ1n) is 4.65. The van der Waals surface area contributed by atoms with Gasteiger partial charge >= 0.3 is 0 Å². The number of nitrogens with zero attached hydrogens (tertiary/aromatic N) is 2. The zero-order valence-electron chi connectivity index (χ0n) is 8.23. The van der Waals surface area contributed by atoms with Crippen LogP contribution in [-0.2, 0) is 10.0 Å². The van der Waals surface area contributed by atoms with Crippen LogP contribution in [-0.4, -0.2) is 30.8 Å². The molecule has 2 heterocycles. The maximum absolute atomic E-state index is 12.1. The van der Waals surface area contributed by atoms with E-state index in [0.29, 0.717) is 18.8 Å². The van der Waals surface area contributed by atoms with Gasteiger partial charge in [-0.15, -0.1) is 0 Å². The van der Waals surface area contributed by atoms with Crippen molar-refractivity contribution in [2.24, 2.45) is 0 Å². The third-order valence-electron chi connectivity index (χ3n) is 2.37. The van der Waals surface area contributed by atoms with Crippen molar-refractivity contribution in [2.75, 3.05) is 13.1 Å². The second-order valence-corrected chi connectivity index (χ2v) is 7.17. The maximum atomic E-state index is 12.1. The van der Waals surface area contributed by atoms with Crippen LogP contribution in [0.3, 0.4) is 0 Å². The summed E-state index contributed by atoms with van der Waals surface area (Å²) in [6.45, 7) is 2.89. The van der Waals surface area contributed by atoms with Crippen LogP contribution in [0.25, 0.3) is 0 Å². The molecule has 0 unspecified atom stereocenters. The first-order chi connectivity index (χ1) is 7.01. The minimum atomic E-state index is -3.34. The molecular weight excluding hydrogens is 256 g/mol. The third kappa shape index (κ3) is 2.04. The van der Waals surface area contributed by atoms with Crippen molar-refractivity contribution in [3.8, 4) is 0 Å². The molecular formula is C8H11ClN2O2S2. The van der Waals surface area contributed by atoms with E-state index in [1.165, 1.54) is 4.31 Å². The standard InChI is InChI=1S/C8H11ClN2O2S2/c1-6-7(14-8(9)10-6)15(12,13)11-4-2-3-5-11/h2-5H2,1H3. The summed E-state index contributed by atoms with van der Waals surface area (Å²) < 4.78 is 26.3. The summed E-state index contributed by atoms with van der Waals surface area (Å²) in [7, 11) is -3.34. The van der Waals surface area contributed by atoms with E-state index in [2.05, 4.69) is 4.98 Å². The molecule has 2 rings (SSSR count). The van der Waals surface area contributed by atoms with E-state index in [9.17, 15) is 8.42 Å². The molecule has 0 aromatic carbocycles. The summed E-state index contributed by atoms with van der Waals surface area (Å²) in [6.07, 6.45) is 1.87. The average Bonchev–Trinajstić information content (AvgIpc) is 2.74. The van der Waals surface area contributed by atoms with E-state index in [4.69, 9.17) is 11.6 Å². The van der Waals surface area contributed by atoms with Gasteiger partial charge in [-0.25, -0.2) is 13.4 Å². The molecule has 1 aromatic rings. The fraction of sp³-hybridized carbons (Fsp3) is 0.625. The highest BCUT2D eigenvalue weighted by Crippen LogP contribution is 2.30. The Hall–Kier alpha value is -0.170. The van der Waals surface area contributed by atoms with Crippen LogP contribution in [0.15, 0.2) is 4.21 Å². The normalized spacial score (nSPS) is 18.5. The zero-order chi connectivity index (χ0) is 11.1. The molecule has 1 aromatic heterocycles. The summed E-state index contributed by atoms with van der Waals surface area (Å²) in [5.74, 6) is 0. The Bertz CT molecular complexity index is 463. The molecule has 4 nitrogen and oxygen atoms in total. The van der Waals surface area contributed by atoms with Crippen LogP contribution in [0.1, 0.15) is 18.5 Å². The predicted octanol–water partition coefficient (Wildman–Crippen LogP) is 1.89. The van der Waals surface area contributed by atoms with Gasteiger partial charge in [0.15, 0.2) is 8.68 Å². The average molecular weight is 267 g/mol. The van der Waals surface area contributed by atoms with Crippen LogP contribution >= 0.6 is 22.9 Å². The lowest BCUT2D eigenvalue weighted by molar-refractivity contribution is 0.478. The van der Waals surface area contributed by atoms with Crippen LogP contribution in [0.5, 0.6) is 0 Å². The molecule has 1 aliphatic rings. The topological polar surface area (TPSA) is 50.3 Å². The Morgan fingerprint density at radius 2 is 2.00 bits per heavy atom. The van der Waals surface area contributed by atoms with Crippen LogP contribution in [0, 0.1) is 6.92 Å². The van der Waals surface area contributed by atoms with Crippen LogP contribution < -0.4 is 0 Å². The van der Waals surface area contributed by atoms with Gasteiger partial charge in [0.2, 0.25) is 0 Å². The molecule has 0 amide bonds. The van der Waals surface area contributed by atoms with Gasteiger partial charge in [0.05, 0.1) is 5.69 Å². The highest BCUT2D eigenvalue weighted by atomic mass is 35.5. The molecule has 0 radical (unpaired) electrons. The first kappa shape index (κ1) is 11.3. The summed E-state index contributed by atoms with van der Waals surface area (Å²) in [4.78, 5) is 3.93. The summed E-state index contributed by atoms with van der Waals surface area (Å²) in [5, 5.41) is 0. The van der Waals surface area contributed by atoms with Gasteiger partial charge in [-0.3, -0.25) is 0 Å². The molecule has 0 spiro atoms. The fourth-order valence-electron chi connectivity index (χ4n) is 1.64. The molecule has 1 saturated heterocycles.